The summed E-state index contributed by atoms with van der Waals surface area (Å²) < 4.78 is 0. The number of aryl methyl sites for hydroxylation is 2. The highest BCUT2D eigenvalue weighted by molar-refractivity contribution is 5.92. The van der Waals surface area contributed by atoms with E-state index in [1.54, 1.807) is 0 Å². The maximum atomic E-state index is 3.52. The SMILES string of the molecule is Cc1cc(C)cc(CCNc2c[nH]c3ccccc23)c1. The first kappa shape index (κ1) is 12.8. The third kappa shape index (κ3) is 2.69. The number of anilines is 1. The molecule has 1 heterocycles. The van der Waals surface area contributed by atoms with Gasteiger partial charge in [-0.05, 0) is 31.9 Å². The molecule has 0 bridgehead atoms. The molecular weight excluding hydrogens is 244 g/mol. The number of para-hydroxylation sites is 1. The van der Waals surface area contributed by atoms with Crippen LogP contribution in [-0.4, -0.2) is 11.5 Å². The summed E-state index contributed by atoms with van der Waals surface area (Å²) in [6.45, 7) is 5.26. The molecule has 0 saturated heterocycles. The molecule has 2 aromatic carbocycles. The quantitative estimate of drug-likeness (QED) is 0.716. The molecule has 1 aromatic heterocycles. The minimum Gasteiger partial charge on any atom is -0.383 e. The van der Waals surface area contributed by atoms with Gasteiger partial charge >= 0.3 is 0 Å². The molecule has 0 aliphatic rings. The number of aromatic nitrogens is 1. The summed E-state index contributed by atoms with van der Waals surface area (Å²) in [6.07, 6.45) is 3.09. The largest absolute Gasteiger partial charge is 0.383 e. The van der Waals surface area contributed by atoms with Crippen molar-refractivity contribution in [2.45, 2.75) is 20.3 Å². The van der Waals surface area contributed by atoms with Gasteiger partial charge in [0, 0.05) is 23.6 Å². The van der Waals surface area contributed by atoms with Crippen LogP contribution in [0.25, 0.3) is 10.9 Å². The van der Waals surface area contributed by atoms with Gasteiger partial charge in [-0.2, -0.15) is 0 Å². The van der Waals surface area contributed by atoms with E-state index in [4.69, 9.17) is 0 Å². The van der Waals surface area contributed by atoms with E-state index >= 15 is 0 Å². The Balaban J connectivity index is 1.68. The van der Waals surface area contributed by atoms with Gasteiger partial charge in [-0.1, -0.05) is 47.5 Å². The molecule has 0 saturated carbocycles. The molecule has 0 fully saturated rings. The van der Waals surface area contributed by atoms with E-state index in [0.29, 0.717) is 0 Å². The summed E-state index contributed by atoms with van der Waals surface area (Å²) in [6, 6.07) is 15.1. The zero-order valence-electron chi connectivity index (χ0n) is 12.0. The van der Waals surface area contributed by atoms with Crippen molar-refractivity contribution in [2.75, 3.05) is 11.9 Å². The number of H-pyrrole nitrogens is 1. The Kier molecular flexibility index (Phi) is 3.46. The van der Waals surface area contributed by atoms with Gasteiger partial charge in [-0.15, -0.1) is 0 Å². The van der Waals surface area contributed by atoms with Crippen molar-refractivity contribution < 1.29 is 0 Å². The van der Waals surface area contributed by atoms with E-state index < -0.39 is 0 Å². The highest BCUT2D eigenvalue weighted by atomic mass is 14.9. The number of aromatic amines is 1. The summed E-state index contributed by atoms with van der Waals surface area (Å²) >= 11 is 0. The van der Waals surface area contributed by atoms with Crippen LogP contribution >= 0.6 is 0 Å². The van der Waals surface area contributed by atoms with E-state index in [0.717, 1.165) is 13.0 Å². The Bertz CT molecular complexity index is 705. The lowest BCUT2D eigenvalue weighted by Gasteiger charge is -2.07. The van der Waals surface area contributed by atoms with Crippen LogP contribution in [0.3, 0.4) is 0 Å². The topological polar surface area (TPSA) is 27.8 Å². The predicted octanol–water partition coefficient (Wildman–Crippen LogP) is 4.44. The lowest BCUT2D eigenvalue weighted by Crippen LogP contribution is -2.04. The van der Waals surface area contributed by atoms with Crippen molar-refractivity contribution in [3.8, 4) is 0 Å². The summed E-state index contributed by atoms with van der Waals surface area (Å²) in [7, 11) is 0. The second-order valence-electron chi connectivity index (χ2n) is 5.42. The second kappa shape index (κ2) is 5.41. The standard InChI is InChI=1S/C18H20N2/c1-13-9-14(2)11-15(10-13)7-8-19-18-12-20-17-6-4-3-5-16(17)18/h3-6,9-12,19-20H,7-8H2,1-2H3. The normalized spacial score (nSPS) is 10.9. The molecule has 3 aromatic rings. The second-order valence-corrected chi connectivity index (χ2v) is 5.42. The molecule has 0 aliphatic heterocycles. The van der Waals surface area contributed by atoms with Crippen molar-refractivity contribution in [3.05, 3.63) is 65.4 Å². The number of benzene rings is 2. The summed E-state index contributed by atoms with van der Waals surface area (Å²) in [5.41, 5.74) is 6.44. The van der Waals surface area contributed by atoms with Crippen molar-refractivity contribution in [3.63, 3.8) is 0 Å². The summed E-state index contributed by atoms with van der Waals surface area (Å²) in [4.78, 5) is 3.29. The molecule has 3 rings (SSSR count). The Morgan fingerprint density at radius 3 is 2.55 bits per heavy atom. The number of hydrogen-bond acceptors (Lipinski definition) is 1. The molecule has 102 valence electrons. The fourth-order valence-electron chi connectivity index (χ4n) is 2.77. The van der Waals surface area contributed by atoms with Gasteiger partial charge in [-0.3, -0.25) is 0 Å². The summed E-state index contributed by atoms with van der Waals surface area (Å²) in [5.74, 6) is 0. The van der Waals surface area contributed by atoms with Crippen molar-refractivity contribution in [2.24, 2.45) is 0 Å². The molecule has 20 heavy (non-hydrogen) atoms. The first-order valence-electron chi connectivity index (χ1n) is 7.09. The number of hydrogen-bond donors (Lipinski definition) is 2. The van der Waals surface area contributed by atoms with Crippen molar-refractivity contribution >= 4 is 16.6 Å². The Hall–Kier alpha value is -2.22. The Morgan fingerprint density at radius 1 is 1.00 bits per heavy atom. The third-order valence-electron chi connectivity index (χ3n) is 3.60. The molecule has 0 amide bonds. The molecular formula is C18H20N2. The number of rotatable bonds is 4. The van der Waals surface area contributed by atoms with Gasteiger partial charge in [-0.25, -0.2) is 0 Å². The maximum absolute atomic E-state index is 3.52. The van der Waals surface area contributed by atoms with E-state index in [1.165, 1.54) is 33.3 Å². The van der Waals surface area contributed by atoms with E-state index in [2.05, 4.69) is 66.6 Å². The average Bonchev–Trinajstić information content (AvgIpc) is 2.81. The van der Waals surface area contributed by atoms with Crippen LogP contribution in [0.5, 0.6) is 0 Å². The van der Waals surface area contributed by atoms with E-state index in [9.17, 15) is 0 Å². The highest BCUT2D eigenvalue weighted by Crippen LogP contribution is 2.22. The Labute approximate surface area is 119 Å². The van der Waals surface area contributed by atoms with Crippen molar-refractivity contribution in [1.29, 1.82) is 0 Å². The molecule has 0 atom stereocenters. The van der Waals surface area contributed by atoms with Crippen LogP contribution in [0.2, 0.25) is 0 Å². The smallest absolute Gasteiger partial charge is 0.0598 e. The zero-order valence-corrected chi connectivity index (χ0v) is 12.0. The number of fused-ring (bicyclic) bond motifs is 1. The monoisotopic (exact) mass is 264 g/mol. The molecule has 2 nitrogen and oxygen atoms in total. The molecule has 0 spiro atoms. The first-order valence-corrected chi connectivity index (χ1v) is 7.09. The molecule has 0 radical (unpaired) electrons. The van der Waals surface area contributed by atoms with Crippen LogP contribution in [-0.2, 0) is 6.42 Å². The molecule has 0 aliphatic carbocycles. The van der Waals surface area contributed by atoms with Crippen LogP contribution in [0.4, 0.5) is 5.69 Å². The van der Waals surface area contributed by atoms with Crippen LogP contribution < -0.4 is 5.32 Å². The maximum Gasteiger partial charge on any atom is 0.0598 e. The Morgan fingerprint density at radius 2 is 1.75 bits per heavy atom. The first-order chi connectivity index (χ1) is 9.72. The zero-order chi connectivity index (χ0) is 13.9. The molecule has 2 heteroatoms. The molecule has 2 N–H and O–H groups in total. The van der Waals surface area contributed by atoms with Gasteiger partial charge in [0.2, 0.25) is 0 Å². The van der Waals surface area contributed by atoms with Crippen LogP contribution in [0.1, 0.15) is 16.7 Å². The minimum absolute atomic E-state index is 0.949. The van der Waals surface area contributed by atoms with Gasteiger partial charge in [0.25, 0.3) is 0 Å². The lowest BCUT2D eigenvalue weighted by atomic mass is 10.1. The van der Waals surface area contributed by atoms with Crippen LogP contribution in [0.15, 0.2) is 48.7 Å². The van der Waals surface area contributed by atoms with Crippen molar-refractivity contribution in [1.82, 2.24) is 4.98 Å². The third-order valence-corrected chi connectivity index (χ3v) is 3.60. The average molecular weight is 264 g/mol. The van der Waals surface area contributed by atoms with Crippen LogP contribution in [0, 0.1) is 13.8 Å². The molecule has 0 unspecified atom stereocenters. The van der Waals surface area contributed by atoms with Gasteiger partial charge in [0.1, 0.15) is 0 Å². The predicted molar refractivity (Wildman–Crippen MR) is 86.4 cm³/mol. The van der Waals surface area contributed by atoms with Gasteiger partial charge < -0.3 is 10.3 Å². The number of nitrogens with one attached hydrogen (secondary N) is 2. The van der Waals surface area contributed by atoms with E-state index in [-0.39, 0.29) is 0 Å². The van der Waals surface area contributed by atoms with Gasteiger partial charge in [0.05, 0.1) is 5.69 Å². The van der Waals surface area contributed by atoms with Gasteiger partial charge in [0.15, 0.2) is 0 Å². The lowest BCUT2D eigenvalue weighted by molar-refractivity contribution is 1.01. The van der Waals surface area contributed by atoms with E-state index in [1.807, 2.05) is 6.20 Å². The highest BCUT2D eigenvalue weighted by Gasteiger charge is 2.02. The fourth-order valence-corrected chi connectivity index (χ4v) is 2.77. The summed E-state index contributed by atoms with van der Waals surface area (Å²) in [5, 5.41) is 4.78. The minimum atomic E-state index is 0.949. The fraction of sp³-hybridized carbons (Fsp3) is 0.222.